The predicted octanol–water partition coefficient (Wildman–Crippen LogP) is 3.99. The van der Waals surface area contributed by atoms with Crippen LogP contribution in [-0.4, -0.2) is 44.1 Å². The number of hydrogen-bond acceptors (Lipinski definition) is 7. The number of carboxylic acid groups (broad SMARTS) is 1. The number of fused-ring (bicyclic) bond motifs is 3. The van der Waals surface area contributed by atoms with E-state index >= 15 is 0 Å². The van der Waals surface area contributed by atoms with Crippen molar-refractivity contribution in [3.05, 3.63) is 62.5 Å². The standard InChI is InChI=1S/C22H21ClN4O4S/c1-5-31-21(30)22(10-16(28)29)20-26-25-13(4)27(20)19-17(11(2)12(3)32-19)18(24-22)14-6-8-15(23)9-7-14/h6-9H,5,10H2,1-4H3,(H,28,29). The number of benzene rings is 1. The Morgan fingerprint density at radius 2 is 1.88 bits per heavy atom. The van der Waals surface area contributed by atoms with Crippen LogP contribution in [0.1, 0.15) is 46.6 Å². The lowest BCUT2D eigenvalue weighted by atomic mass is 9.93. The molecule has 1 N–H and O–H groups in total. The van der Waals surface area contributed by atoms with Gasteiger partial charge >= 0.3 is 11.9 Å². The maximum atomic E-state index is 13.3. The molecule has 0 fully saturated rings. The summed E-state index contributed by atoms with van der Waals surface area (Å²) in [7, 11) is 0. The summed E-state index contributed by atoms with van der Waals surface area (Å²) in [4.78, 5) is 31.2. The number of halogens is 1. The van der Waals surface area contributed by atoms with Crippen molar-refractivity contribution in [3.8, 4) is 5.00 Å². The molecule has 4 rings (SSSR count). The van der Waals surface area contributed by atoms with Crippen LogP contribution in [0, 0.1) is 20.8 Å². The highest BCUT2D eigenvalue weighted by Crippen LogP contribution is 2.42. The minimum Gasteiger partial charge on any atom is -0.481 e. The molecule has 1 aliphatic heterocycles. The highest BCUT2D eigenvalue weighted by molar-refractivity contribution is 7.15. The Labute approximate surface area is 193 Å². The third-order valence-corrected chi connectivity index (χ3v) is 6.89. The molecule has 0 amide bonds. The van der Waals surface area contributed by atoms with E-state index in [4.69, 9.17) is 21.3 Å². The molecule has 3 heterocycles. The molecule has 1 atom stereocenters. The lowest BCUT2D eigenvalue weighted by Crippen LogP contribution is -2.40. The highest BCUT2D eigenvalue weighted by Gasteiger charge is 2.51. The summed E-state index contributed by atoms with van der Waals surface area (Å²) in [6.07, 6.45) is -0.631. The van der Waals surface area contributed by atoms with E-state index in [-0.39, 0.29) is 12.4 Å². The summed E-state index contributed by atoms with van der Waals surface area (Å²) in [6.45, 7) is 7.47. The first-order valence-electron chi connectivity index (χ1n) is 9.97. The van der Waals surface area contributed by atoms with Crippen LogP contribution < -0.4 is 0 Å². The third kappa shape index (κ3) is 3.41. The molecule has 0 bridgehead atoms. The van der Waals surface area contributed by atoms with Crippen molar-refractivity contribution in [1.29, 1.82) is 0 Å². The van der Waals surface area contributed by atoms with E-state index in [2.05, 4.69) is 10.2 Å². The van der Waals surface area contributed by atoms with Gasteiger partial charge in [-0.15, -0.1) is 21.5 Å². The van der Waals surface area contributed by atoms with Gasteiger partial charge in [-0.3, -0.25) is 14.4 Å². The second-order valence-electron chi connectivity index (χ2n) is 7.49. The zero-order valence-corrected chi connectivity index (χ0v) is 19.5. The van der Waals surface area contributed by atoms with E-state index in [0.29, 0.717) is 22.1 Å². The maximum Gasteiger partial charge on any atom is 0.342 e. The first-order chi connectivity index (χ1) is 15.2. The molecule has 32 heavy (non-hydrogen) atoms. The van der Waals surface area contributed by atoms with Crippen LogP contribution in [0.3, 0.4) is 0 Å². The molecule has 1 unspecified atom stereocenters. The Bertz CT molecular complexity index is 1260. The summed E-state index contributed by atoms with van der Waals surface area (Å²) in [5, 5.41) is 19.5. The lowest BCUT2D eigenvalue weighted by molar-refractivity contribution is -0.155. The number of esters is 1. The van der Waals surface area contributed by atoms with E-state index in [1.54, 1.807) is 42.7 Å². The van der Waals surface area contributed by atoms with Crippen LogP contribution in [0.25, 0.3) is 5.00 Å². The molecular weight excluding hydrogens is 452 g/mol. The van der Waals surface area contributed by atoms with Gasteiger partial charge in [0.05, 0.1) is 18.7 Å². The van der Waals surface area contributed by atoms with Gasteiger partial charge in [-0.1, -0.05) is 23.7 Å². The van der Waals surface area contributed by atoms with Crippen molar-refractivity contribution in [2.24, 2.45) is 4.99 Å². The third-order valence-electron chi connectivity index (χ3n) is 5.44. The number of aliphatic imine (C=N–C) groups is 1. The number of carbonyl (C=O) groups excluding carboxylic acids is 1. The Balaban J connectivity index is 2.15. The van der Waals surface area contributed by atoms with Gasteiger partial charge in [0.15, 0.2) is 5.82 Å². The van der Waals surface area contributed by atoms with Crippen molar-refractivity contribution >= 4 is 40.6 Å². The molecule has 1 aromatic carbocycles. The molecule has 0 aliphatic carbocycles. The summed E-state index contributed by atoms with van der Waals surface area (Å²) >= 11 is 7.61. The Hall–Kier alpha value is -3.04. The fourth-order valence-corrected chi connectivity index (χ4v) is 5.16. The van der Waals surface area contributed by atoms with Crippen LogP contribution in [-0.2, 0) is 19.9 Å². The van der Waals surface area contributed by atoms with Gasteiger partial charge in [0.1, 0.15) is 10.8 Å². The molecule has 0 saturated heterocycles. The van der Waals surface area contributed by atoms with Crippen LogP contribution in [0.15, 0.2) is 29.3 Å². The number of aliphatic carboxylic acids is 1. The molecule has 0 spiro atoms. The fraction of sp³-hybridized carbons (Fsp3) is 0.318. The van der Waals surface area contributed by atoms with Gasteiger partial charge in [0.2, 0.25) is 5.54 Å². The maximum absolute atomic E-state index is 13.3. The largest absolute Gasteiger partial charge is 0.481 e. The van der Waals surface area contributed by atoms with Crippen molar-refractivity contribution in [2.75, 3.05) is 6.61 Å². The quantitative estimate of drug-likeness (QED) is 0.562. The minimum atomic E-state index is -1.91. The lowest BCUT2D eigenvalue weighted by Gasteiger charge is -2.25. The van der Waals surface area contributed by atoms with Crippen molar-refractivity contribution in [3.63, 3.8) is 0 Å². The summed E-state index contributed by atoms with van der Waals surface area (Å²) in [5.41, 5.74) is 1.06. The number of aromatic nitrogens is 3. The van der Waals surface area contributed by atoms with Gasteiger partial charge in [-0.25, -0.2) is 4.79 Å². The Morgan fingerprint density at radius 1 is 1.19 bits per heavy atom. The molecule has 8 nitrogen and oxygen atoms in total. The molecule has 10 heteroatoms. The van der Waals surface area contributed by atoms with Gasteiger partial charge in [0, 0.05) is 21.0 Å². The van der Waals surface area contributed by atoms with Crippen LogP contribution in [0.4, 0.5) is 0 Å². The number of carbonyl (C=O) groups is 2. The van der Waals surface area contributed by atoms with Crippen molar-refractivity contribution in [1.82, 2.24) is 14.8 Å². The van der Waals surface area contributed by atoms with Crippen LogP contribution >= 0.6 is 22.9 Å². The molecule has 1 aliphatic rings. The Kier molecular flexibility index (Phi) is 5.64. The minimum absolute atomic E-state index is 0.0685. The first kappa shape index (κ1) is 22.2. The molecule has 2 aromatic heterocycles. The van der Waals surface area contributed by atoms with Crippen LogP contribution in [0.5, 0.6) is 0 Å². The number of rotatable bonds is 5. The van der Waals surface area contributed by atoms with E-state index in [1.165, 1.54) is 11.3 Å². The molecular formula is C22H21ClN4O4S. The Morgan fingerprint density at radius 3 is 2.50 bits per heavy atom. The van der Waals surface area contributed by atoms with E-state index in [1.807, 2.05) is 13.8 Å². The van der Waals surface area contributed by atoms with E-state index in [0.717, 1.165) is 21.0 Å². The summed E-state index contributed by atoms with van der Waals surface area (Å²) in [5.74, 6) is -1.34. The molecule has 0 radical (unpaired) electrons. The van der Waals surface area contributed by atoms with Crippen molar-refractivity contribution in [2.45, 2.75) is 39.7 Å². The smallest absolute Gasteiger partial charge is 0.342 e. The van der Waals surface area contributed by atoms with E-state index in [9.17, 15) is 14.7 Å². The number of aryl methyl sites for hydroxylation is 2. The summed E-state index contributed by atoms with van der Waals surface area (Å²) in [6, 6.07) is 7.06. The average molecular weight is 473 g/mol. The zero-order chi connectivity index (χ0) is 23.2. The van der Waals surface area contributed by atoms with Gasteiger partial charge < -0.3 is 9.84 Å². The second-order valence-corrected chi connectivity index (χ2v) is 9.13. The van der Waals surface area contributed by atoms with Gasteiger partial charge in [-0.05, 0) is 45.4 Å². The van der Waals surface area contributed by atoms with Crippen LogP contribution in [0.2, 0.25) is 5.02 Å². The number of carboxylic acids is 1. The van der Waals surface area contributed by atoms with Gasteiger partial charge in [-0.2, -0.15) is 0 Å². The SMILES string of the molecule is CCOC(=O)C1(CC(=O)O)N=C(c2ccc(Cl)cc2)c2c(sc(C)c2C)-n2c(C)nnc21. The molecule has 0 saturated carbocycles. The topological polar surface area (TPSA) is 107 Å². The second kappa shape index (κ2) is 8.14. The molecule has 3 aromatic rings. The molecule has 166 valence electrons. The first-order valence-corrected chi connectivity index (χ1v) is 11.2. The number of nitrogens with zero attached hydrogens (tertiary/aromatic N) is 4. The monoisotopic (exact) mass is 472 g/mol. The number of ether oxygens (including phenoxy) is 1. The van der Waals surface area contributed by atoms with Crippen molar-refractivity contribution < 1.29 is 19.4 Å². The highest BCUT2D eigenvalue weighted by atomic mass is 35.5. The van der Waals surface area contributed by atoms with Gasteiger partial charge in [0.25, 0.3) is 0 Å². The zero-order valence-electron chi connectivity index (χ0n) is 18.0. The van der Waals surface area contributed by atoms with E-state index < -0.39 is 23.9 Å². The summed E-state index contributed by atoms with van der Waals surface area (Å²) < 4.78 is 7.06. The number of hydrogen-bond donors (Lipinski definition) is 1. The number of thiophene rings is 1. The predicted molar refractivity (Wildman–Crippen MR) is 121 cm³/mol. The average Bonchev–Trinajstić information content (AvgIpc) is 3.22. The fourth-order valence-electron chi connectivity index (χ4n) is 3.83. The normalized spacial score (nSPS) is 17.2.